The van der Waals surface area contributed by atoms with E-state index in [1.54, 1.807) is 0 Å². The number of carbonyl (C=O) groups is 2. The highest BCUT2D eigenvalue weighted by Gasteiger charge is 2.25. The normalized spacial score (nSPS) is 12.8. The first-order valence-electron chi connectivity index (χ1n) is 16.1. The van der Waals surface area contributed by atoms with Gasteiger partial charge in [0.1, 0.15) is 5.75 Å². The molecular weight excluding hydrogens is 578 g/mol. The van der Waals surface area contributed by atoms with Crippen LogP contribution >= 0.6 is 0 Å². The van der Waals surface area contributed by atoms with Gasteiger partial charge >= 0.3 is 0 Å². The van der Waals surface area contributed by atoms with Gasteiger partial charge in [0.25, 0.3) is 5.91 Å². The van der Waals surface area contributed by atoms with E-state index in [0.29, 0.717) is 57.0 Å². The standard InChI is InChI=1S/C37H45N5O4/c1-27-11-5-16-34(28(27)2)45-21-8-17-35(43)42-20-10-22-46-36-32(14-7-15-33(36)42)31-24-39-41(26-31)25-29-12-6-13-30(23-29)37(44)38-18-9-19-40(3)4/h5-7,11-16,23-24,26H,8-10,17-22,25H2,1-4H3,(H,38,44). The lowest BCUT2D eigenvalue weighted by molar-refractivity contribution is -0.118. The van der Waals surface area contributed by atoms with Gasteiger partial charge in [-0.25, -0.2) is 0 Å². The molecule has 0 saturated carbocycles. The third kappa shape index (κ3) is 8.34. The van der Waals surface area contributed by atoms with Crippen molar-refractivity contribution in [2.75, 3.05) is 51.8 Å². The molecule has 0 fully saturated rings. The third-order valence-corrected chi connectivity index (χ3v) is 8.25. The topological polar surface area (TPSA) is 88.9 Å². The Labute approximate surface area is 272 Å². The summed E-state index contributed by atoms with van der Waals surface area (Å²) in [6, 6.07) is 19.6. The third-order valence-electron chi connectivity index (χ3n) is 8.25. The number of ether oxygens (including phenoxy) is 2. The fraction of sp³-hybridized carbons (Fsp3) is 0.378. The van der Waals surface area contributed by atoms with Crippen LogP contribution in [0, 0.1) is 13.8 Å². The average Bonchev–Trinajstić information content (AvgIpc) is 3.39. The van der Waals surface area contributed by atoms with Crippen LogP contribution in [-0.4, -0.2) is 73.4 Å². The summed E-state index contributed by atoms with van der Waals surface area (Å²) in [5.41, 5.74) is 6.53. The number of fused-ring (bicyclic) bond motifs is 1. The molecule has 1 N–H and O–H groups in total. The number of rotatable bonds is 13. The smallest absolute Gasteiger partial charge is 0.251 e. The van der Waals surface area contributed by atoms with E-state index in [1.165, 1.54) is 5.56 Å². The maximum Gasteiger partial charge on any atom is 0.251 e. The van der Waals surface area contributed by atoms with E-state index in [0.717, 1.165) is 53.1 Å². The Morgan fingerprint density at radius 3 is 2.72 bits per heavy atom. The van der Waals surface area contributed by atoms with Crippen molar-refractivity contribution >= 4 is 17.5 Å². The molecule has 0 atom stereocenters. The van der Waals surface area contributed by atoms with E-state index in [4.69, 9.17) is 9.47 Å². The van der Waals surface area contributed by atoms with Crippen molar-refractivity contribution in [1.82, 2.24) is 20.0 Å². The summed E-state index contributed by atoms with van der Waals surface area (Å²) in [7, 11) is 4.05. The first-order chi connectivity index (χ1) is 22.3. The number of amides is 2. The van der Waals surface area contributed by atoms with Crippen molar-refractivity contribution in [2.45, 2.75) is 46.1 Å². The maximum absolute atomic E-state index is 13.4. The Hall–Kier alpha value is -4.63. The van der Waals surface area contributed by atoms with Gasteiger partial charge in [-0.15, -0.1) is 0 Å². The van der Waals surface area contributed by atoms with E-state index in [2.05, 4.69) is 35.2 Å². The summed E-state index contributed by atoms with van der Waals surface area (Å²) < 4.78 is 14.1. The summed E-state index contributed by atoms with van der Waals surface area (Å²) in [4.78, 5) is 30.1. The number of aromatic nitrogens is 2. The molecule has 1 aliphatic heterocycles. The van der Waals surface area contributed by atoms with Gasteiger partial charge in [0.2, 0.25) is 5.91 Å². The molecule has 1 aliphatic rings. The van der Waals surface area contributed by atoms with Crippen LogP contribution < -0.4 is 19.7 Å². The predicted octanol–water partition coefficient (Wildman–Crippen LogP) is 5.87. The lowest BCUT2D eigenvalue weighted by Crippen LogP contribution is -2.31. The average molecular weight is 624 g/mol. The Kier molecular flexibility index (Phi) is 11.1. The highest BCUT2D eigenvalue weighted by atomic mass is 16.5. The van der Waals surface area contributed by atoms with Crippen molar-refractivity contribution in [3.63, 3.8) is 0 Å². The first-order valence-corrected chi connectivity index (χ1v) is 16.1. The summed E-state index contributed by atoms with van der Waals surface area (Å²) in [5.74, 6) is 1.56. The number of benzene rings is 3. The lowest BCUT2D eigenvalue weighted by atomic mass is 10.1. The summed E-state index contributed by atoms with van der Waals surface area (Å²) >= 11 is 0. The van der Waals surface area contributed by atoms with Crippen LogP contribution in [0.2, 0.25) is 0 Å². The monoisotopic (exact) mass is 623 g/mol. The molecular formula is C37H45N5O4. The van der Waals surface area contributed by atoms with Crippen molar-refractivity contribution in [3.8, 4) is 22.6 Å². The molecule has 0 radical (unpaired) electrons. The van der Waals surface area contributed by atoms with Crippen LogP contribution in [0.3, 0.4) is 0 Å². The largest absolute Gasteiger partial charge is 0.493 e. The summed E-state index contributed by atoms with van der Waals surface area (Å²) in [6.45, 7) is 7.82. The number of para-hydroxylation sites is 1. The minimum Gasteiger partial charge on any atom is -0.493 e. The number of hydrogen-bond acceptors (Lipinski definition) is 6. The van der Waals surface area contributed by atoms with Gasteiger partial charge in [-0.05, 0) is 94.7 Å². The van der Waals surface area contributed by atoms with Gasteiger partial charge in [-0.1, -0.05) is 36.4 Å². The Balaban J connectivity index is 1.23. The lowest BCUT2D eigenvalue weighted by Gasteiger charge is -2.23. The van der Waals surface area contributed by atoms with Crippen molar-refractivity contribution in [3.05, 3.63) is 95.3 Å². The molecule has 242 valence electrons. The fourth-order valence-corrected chi connectivity index (χ4v) is 5.60. The second-order valence-electron chi connectivity index (χ2n) is 12.1. The Bertz CT molecular complexity index is 1650. The van der Waals surface area contributed by atoms with Crippen LogP contribution in [0.15, 0.2) is 73.1 Å². The molecule has 0 aliphatic carbocycles. The molecule has 5 rings (SSSR count). The van der Waals surface area contributed by atoms with Gasteiger partial charge in [-0.2, -0.15) is 5.10 Å². The Morgan fingerprint density at radius 1 is 1.04 bits per heavy atom. The second kappa shape index (κ2) is 15.6. The van der Waals surface area contributed by atoms with E-state index in [-0.39, 0.29) is 11.8 Å². The predicted molar refractivity (Wildman–Crippen MR) is 182 cm³/mol. The summed E-state index contributed by atoms with van der Waals surface area (Å²) in [5, 5.41) is 7.62. The first kappa shape index (κ1) is 32.8. The van der Waals surface area contributed by atoms with Gasteiger partial charge in [0.15, 0.2) is 5.75 Å². The minimum absolute atomic E-state index is 0.0609. The molecule has 9 heteroatoms. The molecule has 0 bridgehead atoms. The molecule has 4 aromatic rings. The van der Waals surface area contributed by atoms with Crippen molar-refractivity contribution < 1.29 is 19.1 Å². The van der Waals surface area contributed by atoms with Crippen molar-refractivity contribution in [1.29, 1.82) is 0 Å². The Morgan fingerprint density at radius 2 is 1.87 bits per heavy atom. The number of hydrogen-bond donors (Lipinski definition) is 1. The number of nitrogens with one attached hydrogen (secondary N) is 1. The zero-order valence-corrected chi connectivity index (χ0v) is 27.4. The molecule has 1 aromatic heterocycles. The fourth-order valence-electron chi connectivity index (χ4n) is 5.60. The highest BCUT2D eigenvalue weighted by Crippen LogP contribution is 2.40. The molecule has 46 heavy (non-hydrogen) atoms. The number of carbonyl (C=O) groups excluding carboxylic acids is 2. The van der Waals surface area contributed by atoms with E-state index < -0.39 is 0 Å². The summed E-state index contributed by atoms with van der Waals surface area (Å²) in [6.07, 6.45) is 6.47. The van der Waals surface area contributed by atoms with Crippen LogP contribution in [0.25, 0.3) is 11.1 Å². The van der Waals surface area contributed by atoms with Gasteiger partial charge in [0.05, 0.1) is 31.6 Å². The highest BCUT2D eigenvalue weighted by molar-refractivity contribution is 5.97. The van der Waals surface area contributed by atoms with Crippen LogP contribution in [0.1, 0.15) is 52.7 Å². The number of nitrogens with zero attached hydrogens (tertiary/aromatic N) is 4. The zero-order valence-electron chi connectivity index (χ0n) is 27.4. The SMILES string of the molecule is Cc1cccc(OCCCC(=O)N2CCCOc3c(-c4cnn(Cc5cccc(C(=O)NCCCN(C)C)c5)c4)cccc32)c1C. The van der Waals surface area contributed by atoms with Gasteiger partial charge < -0.3 is 24.6 Å². The molecule has 0 spiro atoms. The van der Waals surface area contributed by atoms with Crippen molar-refractivity contribution in [2.24, 2.45) is 0 Å². The van der Waals surface area contributed by atoms with Crippen LogP contribution in [0.5, 0.6) is 11.5 Å². The minimum atomic E-state index is -0.0705. The quantitative estimate of drug-likeness (QED) is 0.188. The van der Waals surface area contributed by atoms with E-state index in [1.807, 2.05) is 90.7 Å². The van der Waals surface area contributed by atoms with Crippen LogP contribution in [-0.2, 0) is 11.3 Å². The molecule has 3 aromatic carbocycles. The van der Waals surface area contributed by atoms with Gasteiger partial charge in [0, 0.05) is 42.4 Å². The maximum atomic E-state index is 13.4. The van der Waals surface area contributed by atoms with E-state index >= 15 is 0 Å². The molecule has 2 heterocycles. The zero-order chi connectivity index (χ0) is 32.5. The molecule has 0 unspecified atom stereocenters. The number of aryl methyl sites for hydroxylation is 1. The number of anilines is 1. The second-order valence-corrected chi connectivity index (χ2v) is 12.1. The van der Waals surface area contributed by atoms with Crippen LogP contribution in [0.4, 0.5) is 5.69 Å². The molecule has 9 nitrogen and oxygen atoms in total. The van der Waals surface area contributed by atoms with E-state index in [9.17, 15) is 9.59 Å². The van der Waals surface area contributed by atoms with Gasteiger partial charge in [-0.3, -0.25) is 14.3 Å². The molecule has 0 saturated heterocycles. The molecule has 2 amide bonds.